The third kappa shape index (κ3) is 6.34. The summed E-state index contributed by atoms with van der Waals surface area (Å²) < 4.78 is 44.4. The van der Waals surface area contributed by atoms with Gasteiger partial charge in [-0.1, -0.05) is 19.3 Å². The van der Waals surface area contributed by atoms with Crippen molar-refractivity contribution in [2.24, 2.45) is 5.92 Å². The van der Waals surface area contributed by atoms with Crippen molar-refractivity contribution in [3.8, 4) is 17.2 Å². The fraction of sp³-hybridized carbons (Fsp3) is 0.480. The van der Waals surface area contributed by atoms with Gasteiger partial charge in [0.2, 0.25) is 5.91 Å². The number of hydrogen-bond donors (Lipinski definition) is 1. The van der Waals surface area contributed by atoms with Crippen LogP contribution in [0.25, 0.3) is 0 Å². The van der Waals surface area contributed by atoms with Gasteiger partial charge in [-0.05, 0) is 62.1 Å². The van der Waals surface area contributed by atoms with Crippen molar-refractivity contribution in [1.82, 2.24) is 5.32 Å². The Morgan fingerprint density at radius 1 is 1.00 bits per heavy atom. The molecular formula is C25H34N2O6S. The summed E-state index contributed by atoms with van der Waals surface area (Å²) in [6.45, 7) is 2.60. The first-order chi connectivity index (χ1) is 16.4. The van der Waals surface area contributed by atoms with Crippen LogP contribution in [0.1, 0.15) is 39.0 Å². The molecule has 0 aromatic heterocycles. The maximum atomic E-state index is 13.7. The summed E-state index contributed by atoms with van der Waals surface area (Å²) in [5, 5.41) is 2.93. The lowest BCUT2D eigenvalue weighted by molar-refractivity contribution is -0.119. The fourth-order valence-electron chi connectivity index (χ4n) is 4.13. The van der Waals surface area contributed by atoms with Crippen LogP contribution < -0.4 is 23.8 Å². The number of nitrogens with one attached hydrogen (secondary N) is 1. The molecule has 1 saturated carbocycles. The second-order valence-corrected chi connectivity index (χ2v) is 10.1. The first-order valence-corrected chi connectivity index (χ1v) is 13.1. The minimum absolute atomic E-state index is 0.000819. The van der Waals surface area contributed by atoms with Crippen molar-refractivity contribution in [2.45, 2.75) is 43.9 Å². The van der Waals surface area contributed by atoms with Gasteiger partial charge in [-0.15, -0.1) is 0 Å². The van der Waals surface area contributed by atoms with Crippen molar-refractivity contribution < 1.29 is 27.4 Å². The molecule has 1 amide bonds. The summed E-state index contributed by atoms with van der Waals surface area (Å²) in [5.41, 5.74) is 0.367. The van der Waals surface area contributed by atoms with Gasteiger partial charge in [0.05, 0.1) is 31.4 Å². The molecule has 1 aliphatic rings. The number of nitrogens with zero attached hydrogens (tertiary/aromatic N) is 1. The SMILES string of the molecule is CCOc1ccc(N(CC(=O)NCC2CCCCC2)S(=O)(=O)c2ccc(OC)c(OC)c2)cc1. The Morgan fingerprint density at radius 3 is 2.29 bits per heavy atom. The third-order valence-electron chi connectivity index (χ3n) is 5.98. The highest BCUT2D eigenvalue weighted by molar-refractivity contribution is 7.92. The van der Waals surface area contributed by atoms with Gasteiger partial charge in [-0.2, -0.15) is 0 Å². The quantitative estimate of drug-likeness (QED) is 0.512. The molecule has 1 N–H and O–H groups in total. The second kappa shape index (κ2) is 12.0. The molecule has 0 spiro atoms. The van der Waals surface area contributed by atoms with E-state index < -0.39 is 10.0 Å². The van der Waals surface area contributed by atoms with Crippen LogP contribution >= 0.6 is 0 Å². The number of anilines is 1. The Balaban J connectivity index is 1.87. The minimum Gasteiger partial charge on any atom is -0.494 e. The van der Waals surface area contributed by atoms with E-state index in [-0.39, 0.29) is 23.1 Å². The molecule has 1 fully saturated rings. The van der Waals surface area contributed by atoms with Crippen LogP contribution in [0.15, 0.2) is 47.4 Å². The number of carbonyl (C=O) groups is 1. The average molecular weight is 491 g/mol. The van der Waals surface area contributed by atoms with Crippen LogP contribution in [0.4, 0.5) is 5.69 Å². The van der Waals surface area contributed by atoms with E-state index in [1.165, 1.54) is 51.7 Å². The number of rotatable bonds is 11. The van der Waals surface area contributed by atoms with Gasteiger partial charge in [0.1, 0.15) is 12.3 Å². The lowest BCUT2D eigenvalue weighted by Gasteiger charge is -2.26. The highest BCUT2D eigenvalue weighted by Crippen LogP contribution is 2.32. The Labute approximate surface area is 202 Å². The molecular weight excluding hydrogens is 456 g/mol. The van der Waals surface area contributed by atoms with Gasteiger partial charge in [-0.3, -0.25) is 9.10 Å². The zero-order valence-electron chi connectivity index (χ0n) is 20.1. The molecule has 3 rings (SSSR count). The van der Waals surface area contributed by atoms with Crippen molar-refractivity contribution in [3.05, 3.63) is 42.5 Å². The van der Waals surface area contributed by atoms with Gasteiger partial charge >= 0.3 is 0 Å². The number of benzene rings is 2. The molecule has 0 heterocycles. The summed E-state index contributed by atoms with van der Waals surface area (Å²) in [6.07, 6.45) is 5.76. The average Bonchev–Trinajstić information content (AvgIpc) is 2.87. The zero-order chi connectivity index (χ0) is 24.6. The number of ether oxygens (including phenoxy) is 3. The monoisotopic (exact) mass is 490 g/mol. The summed E-state index contributed by atoms with van der Waals surface area (Å²) >= 11 is 0. The van der Waals surface area contributed by atoms with E-state index >= 15 is 0 Å². The van der Waals surface area contributed by atoms with Crippen LogP contribution in [0.5, 0.6) is 17.2 Å². The first kappa shape index (κ1) is 25.7. The van der Waals surface area contributed by atoms with Gasteiger partial charge < -0.3 is 19.5 Å². The smallest absolute Gasteiger partial charge is 0.264 e. The molecule has 0 unspecified atom stereocenters. The number of methoxy groups -OCH3 is 2. The van der Waals surface area contributed by atoms with Crippen LogP contribution in [-0.4, -0.2) is 48.2 Å². The molecule has 0 atom stereocenters. The summed E-state index contributed by atoms with van der Waals surface area (Å²) in [7, 11) is -1.16. The summed E-state index contributed by atoms with van der Waals surface area (Å²) in [4.78, 5) is 12.9. The molecule has 34 heavy (non-hydrogen) atoms. The van der Waals surface area contributed by atoms with E-state index in [1.807, 2.05) is 6.92 Å². The number of amides is 1. The van der Waals surface area contributed by atoms with E-state index in [1.54, 1.807) is 24.3 Å². The molecule has 2 aromatic rings. The number of hydrogen-bond acceptors (Lipinski definition) is 6. The molecule has 0 radical (unpaired) electrons. The topological polar surface area (TPSA) is 94.2 Å². The lowest BCUT2D eigenvalue weighted by Crippen LogP contribution is -2.42. The largest absolute Gasteiger partial charge is 0.494 e. The molecule has 0 saturated heterocycles. The number of carbonyl (C=O) groups excluding carboxylic acids is 1. The van der Waals surface area contributed by atoms with E-state index in [0.29, 0.717) is 36.3 Å². The van der Waals surface area contributed by atoms with Gasteiger partial charge in [-0.25, -0.2) is 8.42 Å². The fourth-order valence-corrected chi connectivity index (χ4v) is 5.57. The molecule has 1 aliphatic carbocycles. The Morgan fingerprint density at radius 2 is 1.68 bits per heavy atom. The van der Waals surface area contributed by atoms with Crippen LogP contribution in [-0.2, 0) is 14.8 Å². The number of sulfonamides is 1. The van der Waals surface area contributed by atoms with E-state index in [4.69, 9.17) is 14.2 Å². The van der Waals surface area contributed by atoms with Gasteiger partial charge in [0.25, 0.3) is 10.0 Å². The molecule has 2 aromatic carbocycles. The zero-order valence-corrected chi connectivity index (χ0v) is 20.9. The van der Waals surface area contributed by atoms with Crippen molar-refractivity contribution in [2.75, 3.05) is 38.2 Å². The van der Waals surface area contributed by atoms with Gasteiger partial charge in [0, 0.05) is 12.6 Å². The maximum absolute atomic E-state index is 13.7. The normalized spacial score (nSPS) is 14.3. The van der Waals surface area contributed by atoms with Crippen LogP contribution in [0, 0.1) is 5.92 Å². The Bertz CT molecular complexity index is 1050. The van der Waals surface area contributed by atoms with Gasteiger partial charge in [0.15, 0.2) is 11.5 Å². The lowest BCUT2D eigenvalue weighted by atomic mass is 9.89. The Hall–Kier alpha value is -2.94. The van der Waals surface area contributed by atoms with Crippen molar-refractivity contribution in [3.63, 3.8) is 0 Å². The highest BCUT2D eigenvalue weighted by Gasteiger charge is 2.28. The Kier molecular flexibility index (Phi) is 9.04. The maximum Gasteiger partial charge on any atom is 0.264 e. The van der Waals surface area contributed by atoms with E-state index in [9.17, 15) is 13.2 Å². The third-order valence-corrected chi connectivity index (χ3v) is 7.75. The second-order valence-electron chi connectivity index (χ2n) is 8.26. The predicted octanol–water partition coefficient (Wildman–Crippen LogP) is 3.99. The van der Waals surface area contributed by atoms with E-state index in [0.717, 1.165) is 17.1 Å². The molecule has 9 heteroatoms. The summed E-state index contributed by atoms with van der Waals surface area (Å²) in [5.74, 6) is 1.43. The summed E-state index contributed by atoms with van der Waals surface area (Å²) in [6, 6.07) is 11.0. The molecule has 0 aliphatic heterocycles. The van der Waals surface area contributed by atoms with Crippen LogP contribution in [0.3, 0.4) is 0 Å². The van der Waals surface area contributed by atoms with E-state index in [2.05, 4.69) is 5.32 Å². The highest BCUT2D eigenvalue weighted by atomic mass is 32.2. The standard InChI is InChI=1S/C25H34N2O6S/c1-4-33-21-12-10-20(11-13-21)27(18-25(28)26-17-19-8-6-5-7-9-19)34(29,30)22-14-15-23(31-2)24(16-22)32-3/h10-16,19H,4-9,17-18H2,1-3H3,(H,26,28). The molecule has 186 valence electrons. The van der Waals surface area contributed by atoms with Crippen molar-refractivity contribution >= 4 is 21.6 Å². The van der Waals surface area contributed by atoms with Crippen molar-refractivity contribution in [1.29, 1.82) is 0 Å². The molecule has 0 bridgehead atoms. The predicted molar refractivity (Wildman–Crippen MR) is 131 cm³/mol. The van der Waals surface area contributed by atoms with Crippen LogP contribution in [0.2, 0.25) is 0 Å². The minimum atomic E-state index is -4.08. The molecule has 8 nitrogen and oxygen atoms in total. The first-order valence-electron chi connectivity index (χ1n) is 11.6.